The van der Waals surface area contributed by atoms with E-state index in [1.54, 1.807) is 7.05 Å². The highest BCUT2D eigenvalue weighted by Gasteiger charge is 2.21. The number of fused-ring (bicyclic) bond motifs is 3. The van der Waals surface area contributed by atoms with E-state index in [1.807, 2.05) is 30.3 Å². The van der Waals surface area contributed by atoms with E-state index in [2.05, 4.69) is 22.5 Å². The minimum Gasteiger partial charge on any atom is -0.319 e. The Labute approximate surface area is 138 Å². The highest BCUT2D eigenvalue weighted by molar-refractivity contribution is 6.46. The van der Waals surface area contributed by atoms with Crippen LogP contribution in [0.2, 0.25) is 0 Å². The van der Waals surface area contributed by atoms with Crippen molar-refractivity contribution in [3.63, 3.8) is 0 Å². The third-order valence-electron chi connectivity index (χ3n) is 4.22. The summed E-state index contributed by atoms with van der Waals surface area (Å²) in [5.41, 5.74) is 5.76. The maximum Gasteiger partial charge on any atom is 0.296 e. The third-order valence-corrected chi connectivity index (χ3v) is 4.22. The molecule has 2 aromatic carbocycles. The summed E-state index contributed by atoms with van der Waals surface area (Å²) in [6, 6.07) is 14.0. The Morgan fingerprint density at radius 3 is 2.67 bits per heavy atom. The molecule has 0 spiro atoms. The molecule has 1 amide bonds. The maximum absolute atomic E-state index is 12.1. The molecule has 1 aliphatic carbocycles. The Hall–Kier alpha value is -3.21. The molecule has 1 heterocycles. The van der Waals surface area contributed by atoms with Gasteiger partial charge in [0, 0.05) is 18.9 Å². The summed E-state index contributed by atoms with van der Waals surface area (Å²) in [6.07, 6.45) is 3.76. The molecule has 1 N–H and O–H groups in total. The van der Waals surface area contributed by atoms with Crippen molar-refractivity contribution in [1.29, 1.82) is 0 Å². The van der Waals surface area contributed by atoms with E-state index in [0.29, 0.717) is 5.69 Å². The summed E-state index contributed by atoms with van der Waals surface area (Å²) in [4.78, 5) is 24.3. The molecule has 5 nitrogen and oxygen atoms in total. The number of amides is 1. The van der Waals surface area contributed by atoms with Crippen LogP contribution in [0.25, 0.3) is 11.1 Å². The van der Waals surface area contributed by atoms with Crippen LogP contribution in [-0.4, -0.2) is 21.5 Å². The van der Waals surface area contributed by atoms with E-state index < -0.39 is 11.7 Å². The standard InChI is InChI=1S/C19H15N3O2/c1-22-11-14(10-20-22)18(23)19(24)21-15-6-7-17-13(9-15)8-12-4-2-3-5-16(12)17/h2-7,9-11H,8H2,1H3,(H,21,24). The molecular formula is C19H15N3O2. The number of hydrogen-bond acceptors (Lipinski definition) is 3. The zero-order chi connectivity index (χ0) is 16.7. The van der Waals surface area contributed by atoms with Crippen LogP contribution in [0.1, 0.15) is 21.5 Å². The number of nitrogens with zero attached hydrogens (tertiary/aromatic N) is 2. The van der Waals surface area contributed by atoms with Gasteiger partial charge in [-0.1, -0.05) is 30.3 Å². The first-order valence-electron chi connectivity index (χ1n) is 7.67. The summed E-state index contributed by atoms with van der Waals surface area (Å²) < 4.78 is 1.49. The lowest BCUT2D eigenvalue weighted by atomic mass is 10.1. The van der Waals surface area contributed by atoms with Gasteiger partial charge in [0.1, 0.15) is 0 Å². The average Bonchev–Trinajstić information content (AvgIpc) is 3.17. The SMILES string of the molecule is Cn1cc(C(=O)C(=O)Nc2ccc3c(c2)Cc2ccccc2-3)cn1. The van der Waals surface area contributed by atoms with E-state index in [9.17, 15) is 9.59 Å². The fourth-order valence-electron chi connectivity index (χ4n) is 3.08. The van der Waals surface area contributed by atoms with Gasteiger partial charge in [0.05, 0.1) is 11.8 Å². The molecule has 118 valence electrons. The van der Waals surface area contributed by atoms with Gasteiger partial charge in [0.25, 0.3) is 11.7 Å². The van der Waals surface area contributed by atoms with Crippen LogP contribution < -0.4 is 5.32 Å². The topological polar surface area (TPSA) is 64.0 Å². The Morgan fingerprint density at radius 2 is 1.88 bits per heavy atom. The van der Waals surface area contributed by atoms with Crippen LogP contribution in [0.4, 0.5) is 5.69 Å². The first kappa shape index (κ1) is 14.4. The van der Waals surface area contributed by atoms with E-state index in [1.165, 1.54) is 33.8 Å². The Balaban J connectivity index is 1.55. The largest absolute Gasteiger partial charge is 0.319 e. The van der Waals surface area contributed by atoms with Crippen molar-refractivity contribution in [2.24, 2.45) is 7.05 Å². The second-order valence-electron chi connectivity index (χ2n) is 5.89. The number of hydrogen-bond donors (Lipinski definition) is 1. The van der Waals surface area contributed by atoms with E-state index in [0.717, 1.165) is 12.0 Å². The summed E-state index contributed by atoms with van der Waals surface area (Å²) in [5.74, 6) is -1.25. The van der Waals surface area contributed by atoms with Crippen LogP contribution in [0.15, 0.2) is 54.9 Å². The molecular weight excluding hydrogens is 302 g/mol. The lowest BCUT2D eigenvalue weighted by Crippen LogP contribution is -2.22. The summed E-state index contributed by atoms with van der Waals surface area (Å²) in [5, 5.41) is 6.59. The van der Waals surface area contributed by atoms with Gasteiger partial charge in [-0.05, 0) is 40.8 Å². The highest BCUT2D eigenvalue weighted by Crippen LogP contribution is 2.37. The number of carbonyl (C=O) groups excluding carboxylic acids is 2. The molecule has 0 bridgehead atoms. The first-order chi connectivity index (χ1) is 11.6. The monoisotopic (exact) mass is 317 g/mol. The van der Waals surface area contributed by atoms with Crippen molar-refractivity contribution in [2.45, 2.75) is 6.42 Å². The first-order valence-corrected chi connectivity index (χ1v) is 7.67. The van der Waals surface area contributed by atoms with Gasteiger partial charge in [-0.2, -0.15) is 5.10 Å². The Bertz CT molecular complexity index is 972. The normalized spacial score (nSPS) is 11.7. The van der Waals surface area contributed by atoms with Gasteiger partial charge in [-0.3, -0.25) is 14.3 Å². The molecule has 5 heteroatoms. The number of carbonyl (C=O) groups is 2. The van der Waals surface area contributed by atoms with Crippen molar-refractivity contribution in [3.05, 3.63) is 71.5 Å². The number of ketones is 1. The maximum atomic E-state index is 12.1. The predicted octanol–water partition coefficient (Wildman–Crippen LogP) is 2.81. The van der Waals surface area contributed by atoms with E-state index in [4.69, 9.17) is 0 Å². The van der Waals surface area contributed by atoms with Crippen LogP contribution in [0.3, 0.4) is 0 Å². The molecule has 24 heavy (non-hydrogen) atoms. The Morgan fingerprint density at radius 1 is 1.08 bits per heavy atom. The molecule has 1 aliphatic rings. The van der Waals surface area contributed by atoms with Crippen molar-refractivity contribution in [1.82, 2.24) is 9.78 Å². The molecule has 0 saturated heterocycles. The number of Topliss-reactive ketones (excluding diaryl/α,β-unsaturated/α-hetero) is 1. The zero-order valence-electron chi connectivity index (χ0n) is 13.1. The van der Waals surface area contributed by atoms with E-state index >= 15 is 0 Å². The second kappa shape index (κ2) is 5.45. The van der Waals surface area contributed by atoms with Gasteiger partial charge in [-0.15, -0.1) is 0 Å². The van der Waals surface area contributed by atoms with Gasteiger partial charge >= 0.3 is 0 Å². The minimum absolute atomic E-state index is 0.281. The van der Waals surface area contributed by atoms with Crippen molar-refractivity contribution >= 4 is 17.4 Å². The molecule has 0 fully saturated rings. The average molecular weight is 317 g/mol. The molecule has 4 rings (SSSR count). The lowest BCUT2D eigenvalue weighted by Gasteiger charge is -2.06. The van der Waals surface area contributed by atoms with Crippen molar-refractivity contribution < 1.29 is 9.59 Å². The third kappa shape index (κ3) is 2.40. The van der Waals surface area contributed by atoms with Gasteiger partial charge in [0.15, 0.2) is 0 Å². The van der Waals surface area contributed by atoms with Crippen LogP contribution in [-0.2, 0) is 18.3 Å². The minimum atomic E-state index is -0.654. The number of anilines is 1. The Kier molecular flexibility index (Phi) is 3.27. The number of nitrogens with one attached hydrogen (secondary N) is 1. The second-order valence-corrected chi connectivity index (χ2v) is 5.89. The quantitative estimate of drug-likeness (QED) is 0.467. The van der Waals surface area contributed by atoms with Crippen LogP contribution >= 0.6 is 0 Å². The zero-order valence-corrected chi connectivity index (χ0v) is 13.1. The fraction of sp³-hybridized carbons (Fsp3) is 0.105. The number of aromatic nitrogens is 2. The van der Waals surface area contributed by atoms with E-state index in [-0.39, 0.29) is 5.56 Å². The molecule has 0 saturated carbocycles. The smallest absolute Gasteiger partial charge is 0.296 e. The number of benzene rings is 2. The molecule has 1 aromatic heterocycles. The number of aryl methyl sites for hydroxylation is 1. The molecule has 0 radical (unpaired) electrons. The predicted molar refractivity (Wildman–Crippen MR) is 90.9 cm³/mol. The van der Waals surface area contributed by atoms with Gasteiger partial charge in [-0.25, -0.2) is 0 Å². The van der Waals surface area contributed by atoms with Gasteiger partial charge in [0.2, 0.25) is 0 Å². The molecule has 0 aliphatic heterocycles. The summed E-state index contributed by atoms with van der Waals surface area (Å²) >= 11 is 0. The number of rotatable bonds is 3. The van der Waals surface area contributed by atoms with Crippen LogP contribution in [0.5, 0.6) is 0 Å². The van der Waals surface area contributed by atoms with Crippen molar-refractivity contribution in [3.8, 4) is 11.1 Å². The molecule has 3 aromatic rings. The molecule has 0 atom stereocenters. The van der Waals surface area contributed by atoms with Crippen LogP contribution in [0, 0.1) is 0 Å². The molecule has 0 unspecified atom stereocenters. The van der Waals surface area contributed by atoms with Gasteiger partial charge < -0.3 is 5.32 Å². The fourth-order valence-corrected chi connectivity index (χ4v) is 3.08. The summed E-state index contributed by atoms with van der Waals surface area (Å²) in [6.45, 7) is 0. The van der Waals surface area contributed by atoms with Crippen molar-refractivity contribution in [2.75, 3.05) is 5.32 Å². The highest BCUT2D eigenvalue weighted by atomic mass is 16.2. The summed E-state index contributed by atoms with van der Waals surface area (Å²) in [7, 11) is 1.70. The lowest BCUT2D eigenvalue weighted by molar-refractivity contribution is -0.112.